The van der Waals surface area contributed by atoms with Gasteiger partial charge in [0.25, 0.3) is 0 Å². The van der Waals surface area contributed by atoms with Crippen LogP contribution in [0.1, 0.15) is 23.6 Å². The third-order valence-corrected chi connectivity index (χ3v) is 2.08. The zero-order valence-corrected chi connectivity index (χ0v) is 8.11. The van der Waals surface area contributed by atoms with E-state index in [0.717, 1.165) is 6.07 Å². The fourth-order valence-corrected chi connectivity index (χ4v) is 1.41. The van der Waals surface area contributed by atoms with Crippen molar-refractivity contribution >= 4 is 0 Å². The molecule has 0 spiro atoms. The Labute approximate surface area is 84.9 Å². The van der Waals surface area contributed by atoms with Crippen LogP contribution in [-0.4, -0.2) is 6.18 Å². The Morgan fingerprint density at radius 3 is 2.40 bits per heavy atom. The second kappa shape index (κ2) is 4.18. The van der Waals surface area contributed by atoms with Gasteiger partial charge in [-0.15, -0.1) is 0 Å². The maximum Gasteiger partial charge on any atom is 0.390 e. The number of benzene rings is 1. The molecule has 0 bridgehead atoms. The van der Waals surface area contributed by atoms with E-state index in [1.807, 2.05) is 0 Å². The maximum atomic E-state index is 12.7. The fraction of sp³-hybridized carbons (Fsp3) is 0.400. The molecule has 1 aromatic carbocycles. The highest BCUT2D eigenvalue weighted by Gasteiger charge is 2.31. The highest BCUT2D eigenvalue weighted by Crippen LogP contribution is 2.29. The molecular formula is C10H11F4N. The number of halogens is 4. The van der Waals surface area contributed by atoms with E-state index in [0.29, 0.717) is 11.1 Å². The van der Waals surface area contributed by atoms with E-state index in [-0.39, 0.29) is 0 Å². The molecule has 15 heavy (non-hydrogen) atoms. The van der Waals surface area contributed by atoms with Gasteiger partial charge in [0.15, 0.2) is 0 Å². The lowest BCUT2D eigenvalue weighted by atomic mass is 9.99. The van der Waals surface area contributed by atoms with E-state index < -0.39 is 24.5 Å². The normalized spacial score (nSPS) is 14.0. The van der Waals surface area contributed by atoms with Crippen molar-refractivity contribution in [3.8, 4) is 0 Å². The highest BCUT2D eigenvalue weighted by atomic mass is 19.4. The Bertz CT molecular complexity index is 346. The fourth-order valence-electron chi connectivity index (χ4n) is 1.41. The van der Waals surface area contributed by atoms with Crippen LogP contribution in [0.25, 0.3) is 0 Å². The number of hydrogen-bond donors (Lipinski definition) is 1. The molecule has 1 nitrogen and oxygen atoms in total. The minimum atomic E-state index is -4.31. The molecule has 2 N–H and O–H groups in total. The van der Waals surface area contributed by atoms with Crippen LogP contribution < -0.4 is 5.73 Å². The summed E-state index contributed by atoms with van der Waals surface area (Å²) in [6.07, 6.45) is -5.40. The lowest BCUT2D eigenvalue weighted by Crippen LogP contribution is -2.21. The van der Waals surface area contributed by atoms with Crippen molar-refractivity contribution in [2.24, 2.45) is 5.73 Å². The van der Waals surface area contributed by atoms with Crippen LogP contribution in [0.5, 0.6) is 0 Å². The smallest absolute Gasteiger partial charge is 0.324 e. The van der Waals surface area contributed by atoms with Crippen LogP contribution >= 0.6 is 0 Å². The van der Waals surface area contributed by atoms with Crippen molar-refractivity contribution in [2.75, 3.05) is 0 Å². The lowest BCUT2D eigenvalue weighted by molar-refractivity contribution is -0.138. The van der Waals surface area contributed by atoms with E-state index in [1.165, 1.54) is 19.1 Å². The second-order valence-corrected chi connectivity index (χ2v) is 3.43. The summed E-state index contributed by atoms with van der Waals surface area (Å²) < 4.78 is 48.8. The first-order chi connectivity index (χ1) is 6.79. The van der Waals surface area contributed by atoms with Gasteiger partial charge in [0, 0.05) is 6.04 Å². The van der Waals surface area contributed by atoms with Gasteiger partial charge in [0.05, 0.1) is 6.42 Å². The molecule has 1 aromatic rings. The van der Waals surface area contributed by atoms with Crippen molar-refractivity contribution < 1.29 is 17.6 Å². The Morgan fingerprint density at radius 2 is 1.93 bits per heavy atom. The average Bonchev–Trinajstić information content (AvgIpc) is 1.99. The van der Waals surface area contributed by atoms with Crippen molar-refractivity contribution in [1.82, 2.24) is 0 Å². The third-order valence-electron chi connectivity index (χ3n) is 2.08. The van der Waals surface area contributed by atoms with Crippen LogP contribution in [0, 0.1) is 12.7 Å². The molecule has 1 rings (SSSR count). The second-order valence-electron chi connectivity index (χ2n) is 3.43. The van der Waals surface area contributed by atoms with Crippen LogP contribution in [0.3, 0.4) is 0 Å². The minimum Gasteiger partial charge on any atom is -0.324 e. The Hall–Kier alpha value is -1.10. The average molecular weight is 221 g/mol. The molecule has 84 valence electrons. The van der Waals surface area contributed by atoms with Gasteiger partial charge >= 0.3 is 6.18 Å². The molecule has 0 aliphatic rings. The van der Waals surface area contributed by atoms with Gasteiger partial charge in [0.2, 0.25) is 0 Å². The zero-order valence-electron chi connectivity index (χ0n) is 8.11. The molecule has 1 atom stereocenters. The van der Waals surface area contributed by atoms with Crippen LogP contribution in [0.2, 0.25) is 0 Å². The largest absolute Gasteiger partial charge is 0.390 e. The van der Waals surface area contributed by atoms with E-state index in [2.05, 4.69) is 0 Å². The molecule has 0 aliphatic carbocycles. The topological polar surface area (TPSA) is 26.0 Å². The number of alkyl halides is 3. The first-order valence-electron chi connectivity index (χ1n) is 4.38. The zero-order chi connectivity index (χ0) is 11.6. The summed E-state index contributed by atoms with van der Waals surface area (Å²) >= 11 is 0. The van der Waals surface area contributed by atoms with Crippen LogP contribution in [0.4, 0.5) is 17.6 Å². The van der Waals surface area contributed by atoms with Crippen molar-refractivity contribution in [3.63, 3.8) is 0 Å². The quantitative estimate of drug-likeness (QED) is 0.763. The molecule has 5 heteroatoms. The van der Waals surface area contributed by atoms with Crippen LogP contribution in [0.15, 0.2) is 18.2 Å². The van der Waals surface area contributed by atoms with Gasteiger partial charge < -0.3 is 5.73 Å². The van der Waals surface area contributed by atoms with E-state index in [9.17, 15) is 17.6 Å². The van der Waals surface area contributed by atoms with Crippen molar-refractivity contribution in [3.05, 3.63) is 35.1 Å². The van der Waals surface area contributed by atoms with Crippen molar-refractivity contribution in [2.45, 2.75) is 25.6 Å². The molecule has 0 saturated carbocycles. The monoisotopic (exact) mass is 221 g/mol. The standard InChI is InChI=1S/C10H11F4N/c1-6-4-7(11)2-3-8(6)9(15)5-10(12,13)14/h2-4,9H,5,15H2,1H3/t9-/m1/s1. The van der Waals surface area contributed by atoms with Gasteiger partial charge in [-0.05, 0) is 30.2 Å². The highest BCUT2D eigenvalue weighted by molar-refractivity contribution is 5.29. The molecule has 0 aliphatic heterocycles. The summed E-state index contributed by atoms with van der Waals surface area (Å²) in [6, 6.07) is 2.44. The van der Waals surface area contributed by atoms with Crippen molar-refractivity contribution in [1.29, 1.82) is 0 Å². The Balaban J connectivity index is 2.87. The molecular weight excluding hydrogens is 210 g/mol. The summed E-state index contributed by atoms with van der Waals surface area (Å²) in [5.41, 5.74) is 6.15. The van der Waals surface area contributed by atoms with Gasteiger partial charge in [-0.3, -0.25) is 0 Å². The molecule has 0 unspecified atom stereocenters. The summed E-state index contributed by atoms with van der Waals surface area (Å²) in [7, 11) is 0. The van der Waals surface area contributed by atoms with Crippen LogP contribution in [-0.2, 0) is 0 Å². The molecule has 0 heterocycles. The van der Waals surface area contributed by atoms with E-state index in [1.54, 1.807) is 0 Å². The Kier molecular flexibility index (Phi) is 3.34. The van der Waals surface area contributed by atoms with E-state index >= 15 is 0 Å². The minimum absolute atomic E-state index is 0.328. The number of aryl methyl sites for hydroxylation is 1. The van der Waals surface area contributed by atoms with Gasteiger partial charge in [-0.25, -0.2) is 4.39 Å². The number of rotatable bonds is 2. The molecule has 0 amide bonds. The summed E-state index contributed by atoms with van der Waals surface area (Å²) in [4.78, 5) is 0. The Morgan fingerprint density at radius 1 is 1.33 bits per heavy atom. The predicted octanol–water partition coefficient (Wildman–Crippen LogP) is 3.09. The lowest BCUT2D eigenvalue weighted by Gasteiger charge is -2.16. The summed E-state index contributed by atoms with van der Waals surface area (Å²) in [5, 5.41) is 0. The van der Waals surface area contributed by atoms with Gasteiger partial charge in [-0.1, -0.05) is 6.07 Å². The molecule has 0 aromatic heterocycles. The third kappa shape index (κ3) is 3.51. The van der Waals surface area contributed by atoms with Gasteiger partial charge in [-0.2, -0.15) is 13.2 Å². The first kappa shape index (κ1) is 12.0. The number of nitrogens with two attached hydrogens (primary N) is 1. The maximum absolute atomic E-state index is 12.7. The van der Waals surface area contributed by atoms with Gasteiger partial charge in [0.1, 0.15) is 5.82 Å². The first-order valence-corrected chi connectivity index (χ1v) is 4.38. The van der Waals surface area contributed by atoms with E-state index in [4.69, 9.17) is 5.73 Å². The molecule has 0 fully saturated rings. The summed E-state index contributed by atoms with van der Waals surface area (Å²) in [5.74, 6) is -0.476. The summed E-state index contributed by atoms with van der Waals surface area (Å²) in [6.45, 7) is 1.54. The SMILES string of the molecule is Cc1cc(F)ccc1[C@H](N)CC(F)(F)F. The molecule has 0 radical (unpaired) electrons. The number of hydrogen-bond acceptors (Lipinski definition) is 1. The predicted molar refractivity (Wildman–Crippen MR) is 48.7 cm³/mol. The molecule has 0 saturated heterocycles.